The van der Waals surface area contributed by atoms with Crippen molar-refractivity contribution in [2.24, 2.45) is 0 Å². The molecule has 1 saturated carbocycles. The predicted molar refractivity (Wildman–Crippen MR) is 105 cm³/mol. The van der Waals surface area contributed by atoms with E-state index in [9.17, 15) is 4.79 Å². The van der Waals surface area contributed by atoms with Crippen LogP contribution in [-0.4, -0.2) is 28.5 Å². The standard InChI is InChI=1S/C20H25ClN4O/c21-17-7-5-6-15(12-17)10-11-22-20-23-13-16(14-24-20)19(26)25-18-8-3-1-2-4-9-18/h5-7,12-14,18H,1-4,8-11H2,(H,25,26)(H,22,23,24). The van der Waals surface area contributed by atoms with Crippen LogP contribution >= 0.6 is 11.6 Å². The summed E-state index contributed by atoms with van der Waals surface area (Å²) in [6.45, 7) is 0.702. The molecule has 26 heavy (non-hydrogen) atoms. The van der Waals surface area contributed by atoms with Crippen LogP contribution in [0.5, 0.6) is 0 Å². The van der Waals surface area contributed by atoms with E-state index in [0.717, 1.165) is 29.8 Å². The van der Waals surface area contributed by atoms with E-state index in [1.807, 2.05) is 24.3 Å². The van der Waals surface area contributed by atoms with E-state index >= 15 is 0 Å². The fourth-order valence-corrected chi connectivity index (χ4v) is 3.45. The fraction of sp³-hybridized carbons (Fsp3) is 0.450. The second kappa shape index (κ2) is 9.53. The largest absolute Gasteiger partial charge is 0.354 e. The topological polar surface area (TPSA) is 66.9 Å². The number of benzene rings is 1. The maximum atomic E-state index is 12.3. The molecular formula is C20H25ClN4O. The van der Waals surface area contributed by atoms with E-state index in [4.69, 9.17) is 11.6 Å². The fourth-order valence-electron chi connectivity index (χ4n) is 3.24. The Hall–Kier alpha value is -2.14. The molecule has 1 aromatic carbocycles. The van der Waals surface area contributed by atoms with E-state index in [1.165, 1.54) is 25.7 Å². The smallest absolute Gasteiger partial charge is 0.254 e. The van der Waals surface area contributed by atoms with Crippen LogP contribution in [0.3, 0.4) is 0 Å². The molecule has 138 valence electrons. The highest BCUT2D eigenvalue weighted by Crippen LogP contribution is 2.17. The minimum Gasteiger partial charge on any atom is -0.354 e. The molecule has 0 atom stereocenters. The Bertz CT molecular complexity index is 712. The van der Waals surface area contributed by atoms with Gasteiger partial charge in [-0.1, -0.05) is 49.4 Å². The van der Waals surface area contributed by atoms with Crippen molar-refractivity contribution in [1.29, 1.82) is 0 Å². The number of hydrogen-bond acceptors (Lipinski definition) is 4. The van der Waals surface area contributed by atoms with Crippen molar-refractivity contribution in [2.75, 3.05) is 11.9 Å². The van der Waals surface area contributed by atoms with E-state index in [2.05, 4.69) is 20.6 Å². The van der Waals surface area contributed by atoms with Gasteiger partial charge in [0.15, 0.2) is 0 Å². The highest BCUT2D eigenvalue weighted by Gasteiger charge is 2.16. The molecule has 5 nitrogen and oxygen atoms in total. The summed E-state index contributed by atoms with van der Waals surface area (Å²) in [6, 6.07) is 8.07. The number of nitrogens with one attached hydrogen (secondary N) is 2. The lowest BCUT2D eigenvalue weighted by atomic mass is 10.1. The Morgan fingerprint density at radius 1 is 1.12 bits per heavy atom. The summed E-state index contributed by atoms with van der Waals surface area (Å²) in [7, 11) is 0. The van der Waals surface area contributed by atoms with Gasteiger partial charge in [0.05, 0.1) is 5.56 Å². The van der Waals surface area contributed by atoms with Gasteiger partial charge in [-0.05, 0) is 37.0 Å². The summed E-state index contributed by atoms with van der Waals surface area (Å²) in [5, 5.41) is 7.02. The molecule has 3 rings (SSSR count). The number of hydrogen-bond donors (Lipinski definition) is 2. The molecule has 1 aromatic heterocycles. The molecule has 1 heterocycles. The first-order chi connectivity index (χ1) is 12.7. The number of carbonyl (C=O) groups is 1. The Morgan fingerprint density at radius 2 is 1.85 bits per heavy atom. The van der Waals surface area contributed by atoms with Crippen LogP contribution in [0.25, 0.3) is 0 Å². The van der Waals surface area contributed by atoms with Gasteiger partial charge in [0, 0.05) is 30.0 Å². The van der Waals surface area contributed by atoms with Crippen LogP contribution < -0.4 is 10.6 Å². The van der Waals surface area contributed by atoms with Crippen LogP contribution in [0, 0.1) is 0 Å². The Kier molecular flexibility index (Phi) is 6.83. The van der Waals surface area contributed by atoms with Gasteiger partial charge in [-0.15, -0.1) is 0 Å². The lowest BCUT2D eigenvalue weighted by Crippen LogP contribution is -2.34. The number of amides is 1. The summed E-state index contributed by atoms with van der Waals surface area (Å²) in [5.41, 5.74) is 1.67. The monoisotopic (exact) mass is 372 g/mol. The number of rotatable bonds is 6. The third kappa shape index (κ3) is 5.70. The van der Waals surface area contributed by atoms with E-state index < -0.39 is 0 Å². The minimum absolute atomic E-state index is 0.0811. The van der Waals surface area contributed by atoms with Crippen molar-refractivity contribution in [1.82, 2.24) is 15.3 Å². The zero-order valence-electron chi connectivity index (χ0n) is 14.9. The van der Waals surface area contributed by atoms with Crippen LogP contribution in [-0.2, 0) is 6.42 Å². The van der Waals surface area contributed by atoms with Gasteiger partial charge in [-0.2, -0.15) is 0 Å². The molecule has 1 aliphatic rings. The second-order valence-corrected chi connectivity index (χ2v) is 7.20. The quantitative estimate of drug-likeness (QED) is 0.744. The zero-order chi connectivity index (χ0) is 18.2. The molecule has 0 radical (unpaired) electrons. The van der Waals surface area contributed by atoms with Crippen molar-refractivity contribution < 1.29 is 4.79 Å². The van der Waals surface area contributed by atoms with Crippen molar-refractivity contribution in [3.8, 4) is 0 Å². The first kappa shape index (κ1) is 18.6. The summed E-state index contributed by atoms with van der Waals surface area (Å²) in [5.74, 6) is 0.445. The summed E-state index contributed by atoms with van der Waals surface area (Å²) in [4.78, 5) is 20.8. The molecule has 0 saturated heterocycles. The average Bonchev–Trinajstić information content (AvgIpc) is 2.91. The normalized spacial score (nSPS) is 15.3. The Morgan fingerprint density at radius 3 is 2.54 bits per heavy atom. The van der Waals surface area contributed by atoms with Crippen LogP contribution in [0.4, 0.5) is 5.95 Å². The third-order valence-electron chi connectivity index (χ3n) is 4.69. The van der Waals surface area contributed by atoms with Gasteiger partial charge in [0.2, 0.25) is 5.95 Å². The maximum Gasteiger partial charge on any atom is 0.254 e. The predicted octanol–water partition coefficient (Wildman–Crippen LogP) is 4.24. The summed E-state index contributed by atoms with van der Waals surface area (Å²) >= 11 is 5.98. The molecule has 2 N–H and O–H groups in total. The van der Waals surface area contributed by atoms with Gasteiger partial charge in [0.25, 0.3) is 5.91 Å². The van der Waals surface area contributed by atoms with Gasteiger partial charge in [0.1, 0.15) is 0 Å². The van der Waals surface area contributed by atoms with Crippen molar-refractivity contribution in [2.45, 2.75) is 51.0 Å². The number of halogens is 1. The number of carbonyl (C=O) groups excluding carboxylic acids is 1. The van der Waals surface area contributed by atoms with E-state index in [0.29, 0.717) is 18.1 Å². The summed E-state index contributed by atoms with van der Waals surface area (Å²) in [6.07, 6.45) is 11.0. The third-order valence-corrected chi connectivity index (χ3v) is 4.93. The Balaban J connectivity index is 1.47. The zero-order valence-corrected chi connectivity index (χ0v) is 15.6. The van der Waals surface area contributed by atoms with Crippen molar-refractivity contribution in [3.05, 3.63) is 52.8 Å². The highest BCUT2D eigenvalue weighted by atomic mass is 35.5. The van der Waals surface area contributed by atoms with Gasteiger partial charge in [-0.25, -0.2) is 9.97 Å². The second-order valence-electron chi connectivity index (χ2n) is 6.76. The number of anilines is 1. The Labute approximate surface area is 159 Å². The molecule has 0 aliphatic heterocycles. The SMILES string of the molecule is O=C(NC1CCCCCC1)c1cnc(NCCc2cccc(Cl)c2)nc1. The molecule has 6 heteroatoms. The average molecular weight is 373 g/mol. The molecular weight excluding hydrogens is 348 g/mol. The highest BCUT2D eigenvalue weighted by molar-refractivity contribution is 6.30. The molecule has 1 amide bonds. The van der Waals surface area contributed by atoms with Gasteiger partial charge < -0.3 is 10.6 Å². The number of nitrogens with zero attached hydrogens (tertiary/aromatic N) is 2. The lowest BCUT2D eigenvalue weighted by Gasteiger charge is -2.16. The lowest BCUT2D eigenvalue weighted by molar-refractivity contribution is 0.0932. The molecule has 0 unspecified atom stereocenters. The first-order valence-corrected chi connectivity index (χ1v) is 9.70. The number of aromatic nitrogens is 2. The van der Waals surface area contributed by atoms with Crippen LogP contribution in [0.2, 0.25) is 5.02 Å². The van der Waals surface area contributed by atoms with Crippen molar-refractivity contribution in [3.63, 3.8) is 0 Å². The van der Waals surface area contributed by atoms with E-state index in [1.54, 1.807) is 12.4 Å². The van der Waals surface area contributed by atoms with Crippen LogP contribution in [0.15, 0.2) is 36.7 Å². The van der Waals surface area contributed by atoms with Gasteiger partial charge >= 0.3 is 0 Å². The van der Waals surface area contributed by atoms with Crippen molar-refractivity contribution >= 4 is 23.5 Å². The van der Waals surface area contributed by atoms with E-state index in [-0.39, 0.29) is 11.9 Å². The molecule has 1 fully saturated rings. The van der Waals surface area contributed by atoms with Gasteiger partial charge in [-0.3, -0.25) is 4.79 Å². The molecule has 2 aromatic rings. The summed E-state index contributed by atoms with van der Waals surface area (Å²) < 4.78 is 0. The molecule has 0 bridgehead atoms. The maximum absolute atomic E-state index is 12.3. The van der Waals surface area contributed by atoms with Crippen LogP contribution in [0.1, 0.15) is 54.4 Å². The molecule has 1 aliphatic carbocycles. The molecule has 0 spiro atoms. The minimum atomic E-state index is -0.0811. The first-order valence-electron chi connectivity index (χ1n) is 9.32.